The summed E-state index contributed by atoms with van der Waals surface area (Å²) in [6.45, 7) is 0.387. The van der Waals surface area contributed by atoms with Gasteiger partial charge >= 0.3 is 6.03 Å². The zero-order chi connectivity index (χ0) is 12.3. The van der Waals surface area contributed by atoms with Crippen LogP contribution in [0.5, 0.6) is 0 Å². The zero-order valence-electron chi connectivity index (χ0n) is 9.60. The molecule has 0 aliphatic carbocycles. The third kappa shape index (κ3) is 2.41. The number of nitrogens with zero attached hydrogens (tertiary/aromatic N) is 2. The van der Waals surface area contributed by atoms with E-state index in [2.05, 4.69) is 15.6 Å². The molecule has 0 aliphatic heterocycles. The fourth-order valence-electron chi connectivity index (χ4n) is 1.61. The van der Waals surface area contributed by atoms with Crippen LogP contribution in [-0.4, -0.2) is 30.5 Å². The van der Waals surface area contributed by atoms with Gasteiger partial charge in [0.2, 0.25) is 0 Å². The van der Waals surface area contributed by atoms with E-state index in [0.717, 1.165) is 16.6 Å². The summed E-state index contributed by atoms with van der Waals surface area (Å²) in [5.41, 5.74) is 2.90. The molecular formula is C11H13BN4O. The number of rotatable bonds is 3. The van der Waals surface area contributed by atoms with Crippen LogP contribution < -0.4 is 10.6 Å². The minimum Gasteiger partial charge on any atom is -0.341 e. The first-order valence-corrected chi connectivity index (χ1v) is 5.34. The Morgan fingerprint density at radius 3 is 3.06 bits per heavy atom. The number of carbonyl (C=O) groups is 1. The van der Waals surface area contributed by atoms with Crippen molar-refractivity contribution in [3.8, 4) is 0 Å². The summed E-state index contributed by atoms with van der Waals surface area (Å²) in [4.78, 5) is 15.3. The van der Waals surface area contributed by atoms with Crippen molar-refractivity contribution in [3.05, 3.63) is 30.1 Å². The van der Waals surface area contributed by atoms with Gasteiger partial charge < -0.3 is 15.2 Å². The van der Waals surface area contributed by atoms with Gasteiger partial charge in [0.25, 0.3) is 0 Å². The second-order valence-corrected chi connectivity index (χ2v) is 3.66. The average Bonchev–Trinajstić information content (AvgIpc) is 2.77. The Hall–Kier alpha value is -1.98. The molecule has 0 saturated carbocycles. The number of amides is 2. The van der Waals surface area contributed by atoms with E-state index in [0.29, 0.717) is 13.0 Å². The zero-order valence-corrected chi connectivity index (χ0v) is 9.60. The van der Waals surface area contributed by atoms with Gasteiger partial charge in [-0.25, -0.2) is 9.78 Å². The highest BCUT2D eigenvalue weighted by atomic mass is 16.2. The summed E-state index contributed by atoms with van der Waals surface area (Å²) in [5.74, 6) is 0. The Balaban J connectivity index is 2.21. The topological polar surface area (TPSA) is 59.0 Å². The summed E-state index contributed by atoms with van der Waals surface area (Å²) in [6.07, 6.45) is 2.19. The molecule has 0 bridgehead atoms. The van der Waals surface area contributed by atoms with Crippen LogP contribution >= 0.6 is 0 Å². The average molecular weight is 228 g/mol. The van der Waals surface area contributed by atoms with Gasteiger partial charge in [-0.2, -0.15) is 0 Å². The van der Waals surface area contributed by atoms with Crippen molar-refractivity contribution >= 4 is 24.9 Å². The van der Waals surface area contributed by atoms with E-state index in [-0.39, 0.29) is 6.03 Å². The van der Waals surface area contributed by atoms with Gasteiger partial charge in [-0.3, -0.25) is 0 Å². The smallest absolute Gasteiger partial charge is 0.315 e. The molecule has 2 amide bonds. The monoisotopic (exact) mass is 228 g/mol. The van der Waals surface area contributed by atoms with Crippen molar-refractivity contribution in [3.63, 3.8) is 0 Å². The molecule has 6 heteroatoms. The highest BCUT2D eigenvalue weighted by Crippen LogP contribution is 2.14. The Morgan fingerprint density at radius 1 is 1.53 bits per heavy atom. The van der Waals surface area contributed by atoms with Crippen molar-refractivity contribution in [2.45, 2.75) is 13.0 Å². The van der Waals surface area contributed by atoms with E-state index in [9.17, 15) is 4.79 Å². The van der Waals surface area contributed by atoms with E-state index >= 15 is 0 Å². The molecular weight excluding hydrogens is 215 g/mol. The predicted octanol–water partition coefficient (Wildman–Crippen LogP) is 0.591. The minimum absolute atomic E-state index is 0.217. The number of aromatic nitrogens is 2. The SMILES string of the molecule is [B]Cc1ccc2c(c1)ncn2CNC(=O)NC. The maximum absolute atomic E-state index is 11.1. The second-order valence-electron chi connectivity index (χ2n) is 3.66. The van der Waals surface area contributed by atoms with Crippen molar-refractivity contribution in [2.24, 2.45) is 0 Å². The Labute approximate surface area is 101 Å². The van der Waals surface area contributed by atoms with Crippen LogP contribution in [0.2, 0.25) is 0 Å². The van der Waals surface area contributed by atoms with Gasteiger partial charge in [0.1, 0.15) is 0 Å². The number of urea groups is 1. The number of benzene rings is 1. The van der Waals surface area contributed by atoms with Crippen molar-refractivity contribution in [1.29, 1.82) is 0 Å². The minimum atomic E-state index is -0.217. The highest BCUT2D eigenvalue weighted by molar-refractivity contribution is 6.08. The Morgan fingerprint density at radius 2 is 2.35 bits per heavy atom. The molecule has 0 atom stereocenters. The quantitative estimate of drug-likeness (QED) is 0.755. The van der Waals surface area contributed by atoms with Crippen LogP contribution in [0.3, 0.4) is 0 Å². The first-order valence-electron chi connectivity index (χ1n) is 5.34. The van der Waals surface area contributed by atoms with Gasteiger partial charge in [0.15, 0.2) is 0 Å². The molecule has 2 rings (SSSR count). The van der Waals surface area contributed by atoms with Crippen LogP contribution in [0.4, 0.5) is 4.79 Å². The maximum atomic E-state index is 11.1. The third-order valence-electron chi connectivity index (χ3n) is 2.56. The Bertz CT molecular complexity index is 537. The number of nitrogens with one attached hydrogen (secondary N) is 2. The summed E-state index contributed by atoms with van der Waals surface area (Å²) in [6, 6.07) is 5.65. The Kier molecular flexibility index (Phi) is 3.32. The molecule has 0 spiro atoms. The number of hydrogen-bond donors (Lipinski definition) is 2. The van der Waals surface area contributed by atoms with Crippen LogP contribution in [0.1, 0.15) is 5.56 Å². The summed E-state index contributed by atoms with van der Waals surface area (Å²) in [5, 5.41) is 5.20. The van der Waals surface area contributed by atoms with E-state index in [1.54, 1.807) is 13.4 Å². The first kappa shape index (κ1) is 11.5. The molecule has 17 heavy (non-hydrogen) atoms. The number of fused-ring (bicyclic) bond motifs is 1. The standard InChI is InChI=1S/C11H13BN4O/c1-13-11(17)15-7-16-6-14-9-4-8(5-12)2-3-10(9)16/h2-4,6H,5,7H2,1H3,(H2,13,15,17). The van der Waals surface area contributed by atoms with E-state index in [4.69, 9.17) is 7.85 Å². The largest absolute Gasteiger partial charge is 0.341 e. The predicted molar refractivity (Wildman–Crippen MR) is 66.8 cm³/mol. The lowest BCUT2D eigenvalue weighted by Gasteiger charge is -2.06. The summed E-state index contributed by atoms with van der Waals surface area (Å²) >= 11 is 0. The van der Waals surface area contributed by atoms with Crippen LogP contribution in [0.25, 0.3) is 11.0 Å². The van der Waals surface area contributed by atoms with Gasteiger partial charge in [0.05, 0.1) is 31.9 Å². The van der Waals surface area contributed by atoms with Gasteiger partial charge in [0, 0.05) is 7.05 Å². The highest BCUT2D eigenvalue weighted by Gasteiger charge is 2.03. The maximum Gasteiger partial charge on any atom is 0.315 e. The van der Waals surface area contributed by atoms with Gasteiger partial charge in [-0.05, 0) is 12.1 Å². The molecule has 0 aliphatic rings. The summed E-state index contributed by atoms with van der Waals surface area (Å²) in [7, 11) is 7.14. The molecule has 86 valence electrons. The second kappa shape index (κ2) is 4.90. The normalized spacial score (nSPS) is 10.4. The molecule has 1 aromatic heterocycles. The summed E-state index contributed by atoms with van der Waals surface area (Å²) < 4.78 is 1.87. The molecule has 0 fully saturated rings. The molecule has 2 aromatic rings. The van der Waals surface area contributed by atoms with Crippen LogP contribution in [0, 0.1) is 0 Å². The molecule has 0 saturated heterocycles. The molecule has 2 N–H and O–H groups in total. The van der Waals surface area contributed by atoms with E-state index in [1.165, 1.54) is 0 Å². The third-order valence-corrected chi connectivity index (χ3v) is 2.56. The lowest BCUT2D eigenvalue weighted by Crippen LogP contribution is -2.33. The lowest BCUT2D eigenvalue weighted by atomic mass is 9.97. The van der Waals surface area contributed by atoms with E-state index in [1.807, 2.05) is 22.8 Å². The fraction of sp³-hybridized carbons (Fsp3) is 0.273. The lowest BCUT2D eigenvalue weighted by molar-refractivity contribution is 0.240. The molecule has 1 aromatic carbocycles. The molecule has 5 nitrogen and oxygen atoms in total. The van der Waals surface area contributed by atoms with Gasteiger partial charge in [-0.15, -0.1) is 0 Å². The van der Waals surface area contributed by atoms with Crippen molar-refractivity contribution in [1.82, 2.24) is 20.2 Å². The van der Waals surface area contributed by atoms with Crippen LogP contribution in [-0.2, 0) is 13.0 Å². The molecule has 2 radical (unpaired) electrons. The van der Waals surface area contributed by atoms with Crippen molar-refractivity contribution in [2.75, 3.05) is 7.05 Å². The molecule has 1 heterocycles. The molecule has 0 unspecified atom stereocenters. The number of carbonyl (C=O) groups excluding carboxylic acids is 1. The first-order chi connectivity index (χ1) is 8.24. The van der Waals surface area contributed by atoms with E-state index < -0.39 is 0 Å². The number of imidazole rings is 1. The fourth-order valence-corrected chi connectivity index (χ4v) is 1.61. The number of hydrogen-bond acceptors (Lipinski definition) is 2. The van der Waals surface area contributed by atoms with Crippen molar-refractivity contribution < 1.29 is 4.79 Å². The van der Waals surface area contributed by atoms with Crippen LogP contribution in [0.15, 0.2) is 24.5 Å². The van der Waals surface area contributed by atoms with Gasteiger partial charge in [-0.1, -0.05) is 17.9 Å².